The van der Waals surface area contributed by atoms with Gasteiger partial charge in [-0.25, -0.2) is 18.8 Å². The number of aliphatic imine (C=N–C) groups is 1. The van der Waals surface area contributed by atoms with Crippen LogP contribution in [0.4, 0.5) is 40.9 Å². The maximum Gasteiger partial charge on any atom is 0.417 e. The Hall–Kier alpha value is -3.60. The molecule has 0 aromatic carbocycles. The largest absolute Gasteiger partial charge is 0.417 e. The SMILES string of the molecule is O=C(NC(C(F)(F)F)C(F)(F)F)c1cn(-c2ncc(F)cc2F)c2c(c1=O)CCC(N1CCC(CO)(CO)CC1)=N2. The lowest BCUT2D eigenvalue weighted by Gasteiger charge is -2.41. The molecule has 3 N–H and O–H groups in total. The predicted molar refractivity (Wildman–Crippen MR) is 126 cm³/mol. The fourth-order valence-electron chi connectivity index (χ4n) is 4.72. The standard InChI is InChI=1S/C24H23F8N5O4/c25-12-7-15(26)19(33-8-12)37-9-14(20(41)35-21(23(27,28)29)24(30,31)32)17(40)13-1-2-16(34-18(13)37)36-5-3-22(10-38,11-39)4-6-36/h7-9,21,38-39H,1-6,10-11H2,(H,35,41). The predicted octanol–water partition coefficient (Wildman–Crippen LogP) is 2.78. The number of rotatable bonds is 5. The van der Waals surface area contributed by atoms with Crippen molar-refractivity contribution in [2.24, 2.45) is 10.4 Å². The van der Waals surface area contributed by atoms with Gasteiger partial charge >= 0.3 is 12.4 Å². The molecule has 0 unspecified atom stereocenters. The molecule has 2 aliphatic rings. The van der Waals surface area contributed by atoms with Crippen molar-refractivity contribution in [3.63, 3.8) is 0 Å². The lowest BCUT2D eigenvalue weighted by atomic mass is 9.80. The molecular weight excluding hydrogens is 574 g/mol. The molecule has 2 aliphatic heterocycles. The molecular formula is C24H23F8N5O4. The van der Waals surface area contributed by atoms with Gasteiger partial charge in [0.15, 0.2) is 17.1 Å². The number of pyridine rings is 2. The van der Waals surface area contributed by atoms with E-state index in [4.69, 9.17) is 0 Å². The van der Waals surface area contributed by atoms with Gasteiger partial charge in [0.25, 0.3) is 5.91 Å². The van der Waals surface area contributed by atoms with Gasteiger partial charge in [-0.05, 0) is 19.3 Å². The van der Waals surface area contributed by atoms with E-state index in [1.807, 2.05) is 0 Å². The van der Waals surface area contributed by atoms with Crippen molar-refractivity contribution in [1.29, 1.82) is 0 Å². The highest BCUT2D eigenvalue weighted by molar-refractivity contribution is 5.95. The molecule has 0 radical (unpaired) electrons. The number of amidine groups is 1. The molecule has 0 atom stereocenters. The second-order valence-electron chi connectivity index (χ2n) is 9.82. The van der Waals surface area contributed by atoms with E-state index in [-0.39, 0.29) is 37.4 Å². The number of hydrogen-bond donors (Lipinski definition) is 3. The van der Waals surface area contributed by atoms with Gasteiger partial charge in [-0.15, -0.1) is 0 Å². The lowest BCUT2D eigenvalue weighted by molar-refractivity contribution is -0.255. The fourth-order valence-corrected chi connectivity index (χ4v) is 4.72. The van der Waals surface area contributed by atoms with E-state index in [0.717, 1.165) is 5.32 Å². The number of aromatic nitrogens is 2. The molecule has 1 saturated heterocycles. The third-order valence-corrected chi connectivity index (χ3v) is 7.16. The van der Waals surface area contributed by atoms with Crippen LogP contribution in [0.2, 0.25) is 0 Å². The number of amides is 1. The molecule has 0 aliphatic carbocycles. The van der Waals surface area contributed by atoms with Gasteiger partial charge in [-0.3, -0.25) is 14.2 Å². The van der Waals surface area contributed by atoms with Gasteiger partial charge in [-0.2, -0.15) is 26.3 Å². The van der Waals surface area contributed by atoms with Crippen LogP contribution in [0.25, 0.3) is 5.82 Å². The second-order valence-corrected chi connectivity index (χ2v) is 9.82. The highest BCUT2D eigenvalue weighted by atomic mass is 19.4. The van der Waals surface area contributed by atoms with E-state index < -0.39 is 58.2 Å². The van der Waals surface area contributed by atoms with Crippen molar-refractivity contribution in [1.82, 2.24) is 19.8 Å². The highest BCUT2D eigenvalue weighted by Gasteiger charge is 2.57. The number of hydrogen-bond acceptors (Lipinski definition) is 7. The summed E-state index contributed by atoms with van der Waals surface area (Å²) in [6.07, 6.45) is -10.2. The van der Waals surface area contributed by atoms with Crippen LogP contribution in [0.5, 0.6) is 0 Å². The third-order valence-electron chi connectivity index (χ3n) is 7.16. The average Bonchev–Trinajstić information content (AvgIpc) is 2.91. The van der Waals surface area contributed by atoms with Crippen LogP contribution < -0.4 is 10.7 Å². The number of carbonyl (C=O) groups is 1. The fraction of sp³-hybridized carbons (Fsp3) is 0.500. The number of aliphatic hydroxyl groups is 2. The average molecular weight is 597 g/mol. The second kappa shape index (κ2) is 11.0. The molecule has 2 aromatic rings. The maximum absolute atomic E-state index is 14.8. The number of halogens is 8. The number of likely N-dealkylation sites (tertiary alicyclic amines) is 1. The monoisotopic (exact) mass is 597 g/mol. The topological polar surface area (TPSA) is 120 Å². The van der Waals surface area contributed by atoms with E-state index in [1.54, 1.807) is 4.90 Å². The van der Waals surface area contributed by atoms with Crippen LogP contribution in [0, 0.1) is 17.0 Å². The van der Waals surface area contributed by atoms with E-state index in [0.29, 0.717) is 54.8 Å². The van der Waals surface area contributed by atoms with Crippen LogP contribution in [-0.4, -0.2) is 81.1 Å². The Morgan fingerprint density at radius 2 is 1.66 bits per heavy atom. The summed E-state index contributed by atoms with van der Waals surface area (Å²) in [5, 5.41) is 20.1. The van der Waals surface area contributed by atoms with Gasteiger partial charge in [0.2, 0.25) is 6.04 Å². The number of piperidine rings is 1. The van der Waals surface area contributed by atoms with E-state index in [9.17, 15) is 54.9 Å². The van der Waals surface area contributed by atoms with Crippen molar-refractivity contribution in [2.45, 2.75) is 44.1 Å². The number of carbonyl (C=O) groups excluding carboxylic acids is 1. The van der Waals surface area contributed by atoms with Crippen LogP contribution >= 0.6 is 0 Å². The maximum atomic E-state index is 14.8. The van der Waals surface area contributed by atoms with E-state index >= 15 is 0 Å². The zero-order valence-electron chi connectivity index (χ0n) is 21.0. The Kier molecular flexibility index (Phi) is 8.14. The highest BCUT2D eigenvalue weighted by Crippen LogP contribution is 2.35. The van der Waals surface area contributed by atoms with Crippen LogP contribution in [0.1, 0.15) is 35.2 Å². The summed E-state index contributed by atoms with van der Waals surface area (Å²) >= 11 is 0. The van der Waals surface area contributed by atoms with Crippen LogP contribution in [0.3, 0.4) is 0 Å². The Bertz CT molecular complexity index is 1390. The summed E-state index contributed by atoms with van der Waals surface area (Å²) in [6.45, 7) is 0.158. The first kappa shape index (κ1) is 30.4. The van der Waals surface area contributed by atoms with Crippen LogP contribution in [0.15, 0.2) is 28.2 Å². The minimum atomic E-state index is -5.94. The smallest absolute Gasteiger partial charge is 0.396 e. The molecule has 41 heavy (non-hydrogen) atoms. The number of nitrogens with zero attached hydrogens (tertiary/aromatic N) is 4. The Morgan fingerprint density at radius 3 is 2.20 bits per heavy atom. The van der Waals surface area contributed by atoms with Crippen molar-refractivity contribution in [3.05, 3.63) is 51.4 Å². The van der Waals surface area contributed by atoms with Gasteiger partial charge < -0.3 is 20.4 Å². The molecule has 0 spiro atoms. The molecule has 0 saturated carbocycles. The molecule has 4 heterocycles. The van der Waals surface area contributed by atoms with Gasteiger partial charge in [0.05, 0.1) is 19.4 Å². The summed E-state index contributed by atoms with van der Waals surface area (Å²) in [5.41, 5.74) is -3.40. The molecule has 17 heteroatoms. The van der Waals surface area contributed by atoms with E-state index in [1.165, 1.54) is 0 Å². The summed E-state index contributed by atoms with van der Waals surface area (Å²) in [6, 6.07) is -3.89. The Labute approximate surface area is 226 Å². The molecule has 1 fully saturated rings. The van der Waals surface area contributed by atoms with Gasteiger partial charge in [-0.1, -0.05) is 0 Å². The summed E-state index contributed by atoms with van der Waals surface area (Å²) < 4.78 is 107. The van der Waals surface area contributed by atoms with Gasteiger partial charge in [0, 0.05) is 42.8 Å². The zero-order chi connectivity index (χ0) is 30.3. The van der Waals surface area contributed by atoms with Crippen molar-refractivity contribution < 1.29 is 50.1 Å². The lowest BCUT2D eigenvalue weighted by Crippen LogP contribution is -2.55. The molecule has 4 rings (SSSR count). The molecule has 9 nitrogen and oxygen atoms in total. The summed E-state index contributed by atoms with van der Waals surface area (Å²) in [4.78, 5) is 35.5. The van der Waals surface area contributed by atoms with Crippen molar-refractivity contribution >= 4 is 17.6 Å². The Balaban J connectivity index is 1.81. The first-order chi connectivity index (χ1) is 19.1. The Morgan fingerprint density at radius 1 is 1.05 bits per heavy atom. The number of fused-ring (bicyclic) bond motifs is 1. The van der Waals surface area contributed by atoms with Crippen molar-refractivity contribution in [3.8, 4) is 5.82 Å². The molecule has 0 bridgehead atoms. The molecule has 224 valence electrons. The van der Waals surface area contributed by atoms with Gasteiger partial charge in [0.1, 0.15) is 23.0 Å². The summed E-state index contributed by atoms with van der Waals surface area (Å²) in [7, 11) is 0. The van der Waals surface area contributed by atoms with E-state index in [2.05, 4.69) is 9.98 Å². The quantitative estimate of drug-likeness (QED) is 0.457. The first-order valence-electron chi connectivity index (χ1n) is 12.2. The zero-order valence-corrected chi connectivity index (χ0v) is 21.0. The third kappa shape index (κ3) is 6.05. The number of aliphatic hydroxyl groups excluding tert-OH is 2. The molecule has 1 amide bonds. The van der Waals surface area contributed by atoms with Crippen LogP contribution in [-0.2, 0) is 6.42 Å². The first-order valence-corrected chi connectivity index (χ1v) is 12.2. The molecule has 2 aromatic heterocycles. The minimum absolute atomic E-state index is 0.0611. The minimum Gasteiger partial charge on any atom is -0.396 e. The normalized spacial score (nSPS) is 17.3. The summed E-state index contributed by atoms with van der Waals surface area (Å²) in [5.74, 6) is -5.08. The number of nitrogens with one attached hydrogen (secondary N) is 1. The number of alkyl halides is 6. The van der Waals surface area contributed by atoms with Crippen molar-refractivity contribution in [2.75, 3.05) is 26.3 Å².